The maximum atomic E-state index is 12.5. The number of aliphatic hydroxyl groups is 2. The molecule has 2 aliphatic heterocycles. The number of phenolic OH excluding ortho intramolecular Hbond substituents is 1. The SMILES string of the molecule is CN1CC[C@]23c4c5ccc(O)c4O[C@H]2C(=O)CC[C@H]3[C@H]1C5.O=C(O)C(O)C(O)C(=O)O. The second kappa shape index (κ2) is 7.47. The standard InChI is InChI=1S/C17H19NO3.C4H6O6/c1-18-7-6-17-10-3-5-13(20)16(17)21-15-12(19)4-2-9(14(15)17)8-11(10)18;5-1(3(7)8)2(6)4(9)10/h2,4,10-11,16,19H,3,5-8H2,1H3;1-2,5-6H,(H,7,8)(H,9,10)/t10-,11+,16-,17-;/m0./s1. The maximum Gasteiger partial charge on any atom is 0.335 e. The number of ether oxygens (including phenoxy) is 1. The first-order valence-corrected chi connectivity index (χ1v) is 10.2. The van der Waals surface area contributed by atoms with Gasteiger partial charge in [0.05, 0.1) is 0 Å². The lowest BCUT2D eigenvalue weighted by atomic mass is 9.52. The summed E-state index contributed by atoms with van der Waals surface area (Å²) in [6, 6.07) is 4.26. The number of nitrogens with zero attached hydrogens (tertiary/aromatic N) is 1. The highest BCUT2D eigenvalue weighted by atomic mass is 16.5. The Morgan fingerprint density at radius 2 is 1.84 bits per heavy atom. The molecule has 4 aliphatic rings. The molecule has 5 N–H and O–H groups in total. The molecule has 0 radical (unpaired) electrons. The van der Waals surface area contributed by atoms with Gasteiger partial charge in [-0.3, -0.25) is 4.79 Å². The number of carbonyl (C=O) groups is 3. The normalized spacial score (nSPS) is 32.1. The predicted octanol–water partition coefficient (Wildman–Crippen LogP) is -0.492. The van der Waals surface area contributed by atoms with E-state index < -0.39 is 24.1 Å². The number of aliphatic carboxylic acids is 2. The number of carboxylic acids is 2. The van der Waals surface area contributed by atoms with Crippen LogP contribution in [-0.2, 0) is 26.2 Å². The molecule has 0 aromatic heterocycles. The number of aliphatic hydroxyl groups excluding tert-OH is 2. The Morgan fingerprint density at radius 3 is 2.45 bits per heavy atom. The van der Waals surface area contributed by atoms with E-state index in [1.807, 2.05) is 6.07 Å². The van der Waals surface area contributed by atoms with Gasteiger partial charge in [0.2, 0.25) is 0 Å². The molecule has 1 saturated carbocycles. The minimum Gasteiger partial charge on any atom is -0.504 e. The van der Waals surface area contributed by atoms with Crippen LogP contribution in [0.15, 0.2) is 12.1 Å². The van der Waals surface area contributed by atoms with Crippen LogP contribution in [0.1, 0.15) is 30.4 Å². The molecule has 0 amide bonds. The van der Waals surface area contributed by atoms with Gasteiger partial charge in [-0.05, 0) is 50.4 Å². The van der Waals surface area contributed by atoms with Crippen LogP contribution >= 0.6 is 0 Å². The third kappa shape index (κ3) is 3.08. The van der Waals surface area contributed by atoms with Crippen molar-refractivity contribution in [3.05, 3.63) is 23.3 Å². The van der Waals surface area contributed by atoms with Gasteiger partial charge in [-0.1, -0.05) is 6.07 Å². The number of carbonyl (C=O) groups excluding carboxylic acids is 1. The summed E-state index contributed by atoms with van der Waals surface area (Å²) in [5.41, 5.74) is 2.26. The van der Waals surface area contributed by atoms with E-state index in [1.54, 1.807) is 6.07 Å². The molecular formula is C21H25NO9. The fourth-order valence-electron chi connectivity index (χ4n) is 5.79. The number of likely N-dealkylation sites (tertiary alicyclic amines) is 1. The van der Waals surface area contributed by atoms with Crippen LogP contribution in [0.2, 0.25) is 0 Å². The molecule has 168 valence electrons. The lowest BCUT2D eigenvalue weighted by Crippen LogP contribution is -2.65. The van der Waals surface area contributed by atoms with Crippen LogP contribution < -0.4 is 4.74 Å². The Hall–Kier alpha value is -2.69. The molecule has 1 saturated heterocycles. The second-order valence-corrected chi connectivity index (χ2v) is 8.67. The third-order valence-electron chi connectivity index (χ3n) is 7.19. The first-order valence-electron chi connectivity index (χ1n) is 10.2. The molecule has 2 unspecified atom stereocenters. The average molecular weight is 435 g/mol. The third-order valence-corrected chi connectivity index (χ3v) is 7.19. The van der Waals surface area contributed by atoms with Crippen molar-refractivity contribution in [2.24, 2.45) is 5.92 Å². The number of hydrogen-bond acceptors (Lipinski definition) is 8. The summed E-state index contributed by atoms with van der Waals surface area (Å²) in [6.07, 6.45) is -1.35. The van der Waals surface area contributed by atoms with Gasteiger partial charge >= 0.3 is 11.9 Å². The highest BCUT2D eigenvalue weighted by Crippen LogP contribution is 2.62. The van der Waals surface area contributed by atoms with E-state index in [0.717, 1.165) is 31.4 Å². The van der Waals surface area contributed by atoms with Crippen molar-refractivity contribution < 1.29 is 44.7 Å². The fraction of sp³-hybridized carbons (Fsp3) is 0.571. The Labute approximate surface area is 177 Å². The molecule has 1 aromatic carbocycles. The molecule has 31 heavy (non-hydrogen) atoms. The van der Waals surface area contributed by atoms with E-state index in [2.05, 4.69) is 11.9 Å². The summed E-state index contributed by atoms with van der Waals surface area (Å²) in [7, 11) is 2.20. The first-order chi connectivity index (χ1) is 14.6. The van der Waals surface area contributed by atoms with E-state index >= 15 is 0 Å². The smallest absolute Gasteiger partial charge is 0.335 e. The molecule has 2 heterocycles. The molecule has 10 nitrogen and oxygen atoms in total. The quantitative estimate of drug-likeness (QED) is 0.418. The van der Waals surface area contributed by atoms with Crippen LogP contribution in [0.4, 0.5) is 0 Å². The molecule has 2 fully saturated rings. The molecule has 1 spiro atoms. The van der Waals surface area contributed by atoms with Gasteiger partial charge < -0.3 is 35.2 Å². The van der Waals surface area contributed by atoms with Crippen LogP contribution in [0.3, 0.4) is 0 Å². The second-order valence-electron chi connectivity index (χ2n) is 8.67. The van der Waals surface area contributed by atoms with Crippen molar-refractivity contribution in [3.8, 4) is 11.5 Å². The Morgan fingerprint density at radius 1 is 1.19 bits per heavy atom. The summed E-state index contributed by atoms with van der Waals surface area (Å²) >= 11 is 0. The maximum absolute atomic E-state index is 12.5. The number of ketones is 1. The van der Waals surface area contributed by atoms with E-state index in [4.69, 9.17) is 25.2 Å². The average Bonchev–Trinajstić information content (AvgIpc) is 3.09. The van der Waals surface area contributed by atoms with Crippen molar-refractivity contribution in [3.63, 3.8) is 0 Å². The largest absolute Gasteiger partial charge is 0.504 e. The summed E-state index contributed by atoms with van der Waals surface area (Å²) in [5, 5.41) is 42.7. The summed E-state index contributed by atoms with van der Waals surface area (Å²) < 4.78 is 6.04. The van der Waals surface area contributed by atoms with Crippen molar-refractivity contribution in [1.29, 1.82) is 0 Å². The summed E-state index contributed by atoms with van der Waals surface area (Å²) in [6.45, 7) is 1.00. The van der Waals surface area contributed by atoms with E-state index in [0.29, 0.717) is 24.1 Å². The number of phenols is 1. The van der Waals surface area contributed by atoms with Crippen molar-refractivity contribution in [1.82, 2.24) is 4.90 Å². The minimum atomic E-state index is -2.27. The van der Waals surface area contributed by atoms with Crippen molar-refractivity contribution in [2.45, 2.75) is 55.5 Å². The lowest BCUT2D eigenvalue weighted by molar-refractivity contribution is -0.165. The molecule has 6 atom stereocenters. The molecule has 2 bridgehead atoms. The van der Waals surface area contributed by atoms with E-state index in [-0.39, 0.29) is 23.1 Å². The lowest BCUT2D eigenvalue weighted by Gasteiger charge is -2.57. The van der Waals surface area contributed by atoms with Gasteiger partial charge in [0.1, 0.15) is 0 Å². The number of rotatable bonds is 3. The summed E-state index contributed by atoms with van der Waals surface area (Å²) in [4.78, 5) is 34.5. The summed E-state index contributed by atoms with van der Waals surface area (Å²) in [5.74, 6) is -2.04. The van der Waals surface area contributed by atoms with Gasteiger partial charge in [0.15, 0.2) is 35.6 Å². The number of Topliss-reactive ketones (excluding diaryl/α,β-unsaturated/α-hetero) is 1. The van der Waals surface area contributed by atoms with E-state index in [1.165, 1.54) is 5.56 Å². The number of hydrogen-bond donors (Lipinski definition) is 5. The number of carboxylic acid groups (broad SMARTS) is 2. The van der Waals surface area contributed by atoms with Gasteiger partial charge in [0.25, 0.3) is 0 Å². The number of benzene rings is 1. The zero-order chi connectivity index (χ0) is 22.7. The van der Waals surface area contributed by atoms with E-state index in [9.17, 15) is 19.5 Å². The molecule has 5 rings (SSSR count). The highest BCUT2D eigenvalue weighted by Gasteiger charge is 2.65. The Bertz CT molecular complexity index is 929. The number of piperidine rings is 1. The molecular weight excluding hydrogens is 410 g/mol. The predicted molar refractivity (Wildman–Crippen MR) is 104 cm³/mol. The van der Waals surface area contributed by atoms with Gasteiger partial charge in [-0.2, -0.15) is 0 Å². The zero-order valence-corrected chi connectivity index (χ0v) is 16.9. The van der Waals surface area contributed by atoms with Crippen molar-refractivity contribution >= 4 is 17.7 Å². The molecule has 1 aromatic rings. The van der Waals surface area contributed by atoms with Crippen LogP contribution in [0.25, 0.3) is 0 Å². The van der Waals surface area contributed by atoms with Crippen LogP contribution in [-0.4, -0.2) is 86.1 Å². The molecule has 10 heteroatoms. The molecule has 2 aliphatic carbocycles. The minimum absolute atomic E-state index is 0.172. The zero-order valence-electron chi connectivity index (χ0n) is 16.9. The highest BCUT2D eigenvalue weighted by molar-refractivity contribution is 5.89. The topological polar surface area (TPSA) is 165 Å². The Kier molecular flexibility index (Phi) is 5.19. The fourth-order valence-corrected chi connectivity index (χ4v) is 5.79. The number of aromatic hydroxyl groups is 1. The monoisotopic (exact) mass is 435 g/mol. The van der Waals surface area contributed by atoms with Crippen molar-refractivity contribution in [2.75, 3.05) is 13.6 Å². The van der Waals surface area contributed by atoms with Gasteiger partial charge in [0, 0.05) is 23.4 Å². The first kappa shape index (κ1) is 21.5. The Balaban J connectivity index is 0.000000199. The van der Waals surface area contributed by atoms with Gasteiger partial charge in [-0.25, -0.2) is 9.59 Å². The van der Waals surface area contributed by atoms with Crippen LogP contribution in [0.5, 0.6) is 11.5 Å². The van der Waals surface area contributed by atoms with Gasteiger partial charge in [-0.15, -0.1) is 0 Å². The van der Waals surface area contributed by atoms with Crippen LogP contribution in [0, 0.1) is 5.92 Å². The number of likely N-dealkylation sites (N-methyl/N-ethyl adjacent to an activating group) is 1.